The van der Waals surface area contributed by atoms with Crippen LogP contribution in [-0.4, -0.2) is 11.8 Å². The van der Waals surface area contributed by atoms with Gasteiger partial charge in [-0.05, 0) is 38.0 Å². The fraction of sp³-hybridized carbons (Fsp3) is 0.385. The summed E-state index contributed by atoms with van der Waals surface area (Å²) in [5.41, 5.74) is 7.11. The molecule has 1 aromatic rings. The van der Waals surface area contributed by atoms with E-state index in [9.17, 15) is 4.39 Å². The zero-order valence-electron chi connectivity index (χ0n) is 9.58. The molecule has 1 rings (SSSR count). The molecule has 0 aliphatic rings. The molecule has 3 heteroatoms. The lowest BCUT2D eigenvalue weighted by atomic mass is 10.1. The van der Waals surface area contributed by atoms with Crippen molar-refractivity contribution < 1.29 is 4.39 Å². The van der Waals surface area contributed by atoms with Crippen LogP contribution in [0.5, 0.6) is 0 Å². The first-order valence-corrected chi connectivity index (χ1v) is 6.35. The Balaban J connectivity index is 2.31. The van der Waals surface area contributed by atoms with Gasteiger partial charge in [-0.3, -0.25) is 0 Å². The summed E-state index contributed by atoms with van der Waals surface area (Å²) >= 11 is 1.60. The van der Waals surface area contributed by atoms with Crippen LogP contribution in [0, 0.1) is 5.82 Å². The van der Waals surface area contributed by atoms with Gasteiger partial charge in [-0.2, -0.15) is 0 Å². The second-order valence-electron chi connectivity index (χ2n) is 4.02. The molecule has 0 bridgehead atoms. The van der Waals surface area contributed by atoms with E-state index < -0.39 is 0 Å². The number of allylic oxidation sites excluding steroid dienone is 1. The number of hydrogen-bond acceptors (Lipinski definition) is 2. The normalized spacial score (nSPS) is 12.4. The summed E-state index contributed by atoms with van der Waals surface area (Å²) in [6.45, 7) is 5.85. The Morgan fingerprint density at radius 1 is 1.56 bits per heavy atom. The summed E-state index contributed by atoms with van der Waals surface area (Å²) in [4.78, 5) is 0.936. The van der Waals surface area contributed by atoms with Gasteiger partial charge in [0.1, 0.15) is 5.82 Å². The highest BCUT2D eigenvalue weighted by Crippen LogP contribution is 2.20. The highest BCUT2D eigenvalue weighted by Gasteiger charge is 2.04. The molecule has 0 saturated carbocycles. The zero-order chi connectivity index (χ0) is 12.0. The van der Waals surface area contributed by atoms with Gasteiger partial charge in [0.15, 0.2) is 0 Å². The Kier molecular flexibility index (Phi) is 5.56. The summed E-state index contributed by atoms with van der Waals surface area (Å²) in [7, 11) is 0. The first-order valence-electron chi connectivity index (χ1n) is 5.36. The number of rotatable bonds is 6. The van der Waals surface area contributed by atoms with E-state index in [2.05, 4.69) is 6.58 Å². The van der Waals surface area contributed by atoms with Crippen molar-refractivity contribution in [2.75, 3.05) is 5.75 Å². The fourth-order valence-corrected chi connectivity index (χ4v) is 2.22. The number of hydrogen-bond donors (Lipinski definition) is 1. The average molecular weight is 239 g/mol. The van der Waals surface area contributed by atoms with Gasteiger partial charge >= 0.3 is 0 Å². The Morgan fingerprint density at radius 2 is 2.31 bits per heavy atom. The molecule has 0 fully saturated rings. The predicted molar refractivity (Wildman–Crippen MR) is 69.1 cm³/mol. The average Bonchev–Trinajstić information content (AvgIpc) is 2.23. The lowest BCUT2D eigenvalue weighted by Gasteiger charge is -2.10. The molecular formula is C13H18FNS. The number of halogens is 1. The Labute approximate surface area is 101 Å². The van der Waals surface area contributed by atoms with E-state index in [1.807, 2.05) is 13.0 Å². The standard InChI is InChI=1S/C13H18FNS/c1-10(2)6-7-12(15)9-16-13-5-3-4-11(14)8-13/h3-5,8,12H,1,6-7,9,15H2,2H3. The maximum Gasteiger partial charge on any atom is 0.124 e. The van der Waals surface area contributed by atoms with E-state index in [-0.39, 0.29) is 11.9 Å². The minimum absolute atomic E-state index is 0.143. The number of nitrogens with two attached hydrogens (primary N) is 1. The lowest BCUT2D eigenvalue weighted by Crippen LogP contribution is -2.22. The summed E-state index contributed by atoms with van der Waals surface area (Å²) in [5, 5.41) is 0. The quantitative estimate of drug-likeness (QED) is 0.606. The minimum Gasteiger partial charge on any atom is -0.327 e. The molecule has 0 spiro atoms. The first kappa shape index (κ1) is 13.3. The van der Waals surface area contributed by atoms with E-state index >= 15 is 0 Å². The molecule has 16 heavy (non-hydrogen) atoms. The van der Waals surface area contributed by atoms with Gasteiger partial charge in [-0.1, -0.05) is 11.6 Å². The summed E-state index contributed by atoms with van der Waals surface area (Å²) in [5.74, 6) is 0.622. The van der Waals surface area contributed by atoms with Gasteiger partial charge in [0.2, 0.25) is 0 Å². The van der Waals surface area contributed by atoms with Crippen LogP contribution in [0.4, 0.5) is 4.39 Å². The number of thioether (sulfide) groups is 1. The Bertz CT molecular complexity index is 352. The highest BCUT2D eigenvalue weighted by molar-refractivity contribution is 7.99. The van der Waals surface area contributed by atoms with Gasteiger partial charge in [-0.15, -0.1) is 18.3 Å². The third-order valence-electron chi connectivity index (χ3n) is 2.20. The molecule has 0 aromatic heterocycles. The molecule has 1 aromatic carbocycles. The van der Waals surface area contributed by atoms with Crippen LogP contribution in [0.15, 0.2) is 41.3 Å². The van der Waals surface area contributed by atoms with Crippen LogP contribution in [0.2, 0.25) is 0 Å². The van der Waals surface area contributed by atoms with Crippen molar-refractivity contribution in [1.82, 2.24) is 0 Å². The topological polar surface area (TPSA) is 26.0 Å². The Morgan fingerprint density at radius 3 is 2.94 bits per heavy atom. The van der Waals surface area contributed by atoms with Gasteiger partial charge in [0.25, 0.3) is 0 Å². The monoisotopic (exact) mass is 239 g/mol. The van der Waals surface area contributed by atoms with Crippen molar-refractivity contribution >= 4 is 11.8 Å². The smallest absolute Gasteiger partial charge is 0.124 e. The van der Waals surface area contributed by atoms with E-state index in [0.717, 1.165) is 29.1 Å². The summed E-state index contributed by atoms with van der Waals surface area (Å²) in [6, 6.07) is 6.75. The molecule has 2 N–H and O–H groups in total. The SMILES string of the molecule is C=C(C)CCC(N)CSc1cccc(F)c1. The molecule has 1 nitrogen and oxygen atoms in total. The molecule has 0 heterocycles. The molecule has 88 valence electrons. The van der Waals surface area contributed by atoms with Crippen molar-refractivity contribution in [3.05, 3.63) is 42.2 Å². The maximum atomic E-state index is 12.9. The van der Waals surface area contributed by atoms with Crippen LogP contribution in [0.25, 0.3) is 0 Å². The first-order chi connectivity index (χ1) is 7.58. The molecule has 0 aliphatic carbocycles. The molecule has 1 unspecified atom stereocenters. The predicted octanol–water partition coefficient (Wildman–Crippen LogP) is 3.60. The summed E-state index contributed by atoms with van der Waals surface area (Å²) < 4.78 is 12.9. The van der Waals surface area contributed by atoms with Gasteiger partial charge in [0, 0.05) is 16.7 Å². The lowest BCUT2D eigenvalue weighted by molar-refractivity contribution is 0.624. The van der Waals surface area contributed by atoms with Crippen LogP contribution in [-0.2, 0) is 0 Å². The fourth-order valence-electron chi connectivity index (χ4n) is 1.28. The van der Waals surface area contributed by atoms with Crippen molar-refractivity contribution in [2.45, 2.75) is 30.7 Å². The van der Waals surface area contributed by atoms with Crippen LogP contribution >= 0.6 is 11.8 Å². The van der Waals surface area contributed by atoms with E-state index in [4.69, 9.17) is 5.73 Å². The zero-order valence-corrected chi connectivity index (χ0v) is 10.4. The molecular weight excluding hydrogens is 221 g/mol. The largest absolute Gasteiger partial charge is 0.327 e. The second-order valence-corrected chi connectivity index (χ2v) is 5.12. The van der Waals surface area contributed by atoms with E-state index in [1.54, 1.807) is 17.8 Å². The van der Waals surface area contributed by atoms with Crippen molar-refractivity contribution in [2.24, 2.45) is 5.73 Å². The minimum atomic E-state index is -0.194. The molecule has 0 aliphatic heterocycles. The summed E-state index contributed by atoms with van der Waals surface area (Å²) in [6.07, 6.45) is 1.91. The third-order valence-corrected chi connectivity index (χ3v) is 3.38. The molecule has 0 radical (unpaired) electrons. The second kappa shape index (κ2) is 6.71. The van der Waals surface area contributed by atoms with Crippen molar-refractivity contribution in [3.63, 3.8) is 0 Å². The number of benzene rings is 1. The van der Waals surface area contributed by atoms with E-state index in [1.165, 1.54) is 12.1 Å². The Hall–Kier alpha value is -0.800. The van der Waals surface area contributed by atoms with Gasteiger partial charge in [0.05, 0.1) is 0 Å². The third kappa shape index (κ3) is 5.33. The highest BCUT2D eigenvalue weighted by atomic mass is 32.2. The maximum absolute atomic E-state index is 12.9. The van der Waals surface area contributed by atoms with E-state index in [0.29, 0.717) is 0 Å². The van der Waals surface area contributed by atoms with Crippen LogP contribution in [0.3, 0.4) is 0 Å². The van der Waals surface area contributed by atoms with Crippen molar-refractivity contribution in [3.8, 4) is 0 Å². The molecule has 0 amide bonds. The van der Waals surface area contributed by atoms with Crippen molar-refractivity contribution in [1.29, 1.82) is 0 Å². The van der Waals surface area contributed by atoms with Crippen LogP contribution < -0.4 is 5.73 Å². The molecule has 0 saturated heterocycles. The molecule has 1 atom stereocenters. The van der Waals surface area contributed by atoms with Gasteiger partial charge < -0.3 is 5.73 Å². The van der Waals surface area contributed by atoms with Crippen LogP contribution in [0.1, 0.15) is 19.8 Å². The van der Waals surface area contributed by atoms with Gasteiger partial charge in [-0.25, -0.2) is 4.39 Å².